The fourth-order valence-corrected chi connectivity index (χ4v) is 3.91. The van der Waals surface area contributed by atoms with Crippen molar-refractivity contribution in [2.24, 2.45) is 0 Å². The van der Waals surface area contributed by atoms with Gasteiger partial charge in [0.05, 0.1) is 5.75 Å². The normalized spacial score (nSPS) is 14.0. The number of amides is 3. The standard InChI is InChI=1S/C15H23N5O2S2/c1-2-16-14-19-20-15(24-14)23-10-12(21)18-13(22)17-9-8-11-6-4-3-5-7-11/h6H,2-5,7-10H2,1H3,(H,16,19)(H2,17,18,21,22). The molecule has 24 heavy (non-hydrogen) atoms. The molecule has 2 rings (SSSR count). The fourth-order valence-electron chi connectivity index (χ4n) is 2.29. The van der Waals surface area contributed by atoms with Crippen molar-refractivity contribution in [3.05, 3.63) is 11.6 Å². The molecule has 7 nitrogen and oxygen atoms in total. The molecule has 3 N–H and O–H groups in total. The maximum absolute atomic E-state index is 11.8. The minimum atomic E-state index is -0.442. The van der Waals surface area contributed by atoms with E-state index in [2.05, 4.69) is 32.2 Å². The quantitative estimate of drug-likeness (QED) is 0.482. The highest BCUT2D eigenvalue weighted by atomic mass is 32.2. The van der Waals surface area contributed by atoms with Gasteiger partial charge in [-0.1, -0.05) is 34.7 Å². The van der Waals surface area contributed by atoms with E-state index in [-0.39, 0.29) is 11.7 Å². The number of anilines is 1. The van der Waals surface area contributed by atoms with Gasteiger partial charge in [0.15, 0.2) is 4.34 Å². The summed E-state index contributed by atoms with van der Waals surface area (Å²) in [4.78, 5) is 23.4. The number of urea groups is 1. The minimum absolute atomic E-state index is 0.138. The Kier molecular flexibility index (Phi) is 8.03. The van der Waals surface area contributed by atoms with Crippen LogP contribution in [0, 0.1) is 0 Å². The molecule has 0 radical (unpaired) electrons. The Morgan fingerprint density at radius 2 is 2.21 bits per heavy atom. The molecule has 0 aliphatic heterocycles. The van der Waals surface area contributed by atoms with Crippen molar-refractivity contribution < 1.29 is 9.59 Å². The van der Waals surface area contributed by atoms with E-state index < -0.39 is 6.03 Å². The zero-order valence-corrected chi connectivity index (χ0v) is 15.4. The molecule has 1 heterocycles. The van der Waals surface area contributed by atoms with Gasteiger partial charge < -0.3 is 10.6 Å². The lowest BCUT2D eigenvalue weighted by atomic mass is 9.97. The molecule has 0 spiro atoms. The molecule has 1 aromatic rings. The second-order valence-corrected chi connectivity index (χ2v) is 7.55. The number of nitrogens with one attached hydrogen (secondary N) is 3. The van der Waals surface area contributed by atoms with E-state index in [4.69, 9.17) is 0 Å². The topological polar surface area (TPSA) is 96.0 Å². The van der Waals surface area contributed by atoms with Gasteiger partial charge in [0.1, 0.15) is 0 Å². The van der Waals surface area contributed by atoms with Crippen molar-refractivity contribution in [2.45, 2.75) is 43.4 Å². The molecule has 0 aromatic carbocycles. The molecule has 0 atom stereocenters. The van der Waals surface area contributed by atoms with Crippen LogP contribution in [-0.2, 0) is 4.79 Å². The summed E-state index contributed by atoms with van der Waals surface area (Å²) in [5.41, 5.74) is 1.40. The predicted molar refractivity (Wildman–Crippen MR) is 97.5 cm³/mol. The number of hydrogen-bond acceptors (Lipinski definition) is 7. The maximum atomic E-state index is 11.8. The number of allylic oxidation sites excluding steroid dienone is 1. The van der Waals surface area contributed by atoms with Gasteiger partial charge in [-0.2, -0.15) is 0 Å². The smallest absolute Gasteiger partial charge is 0.321 e. The van der Waals surface area contributed by atoms with Crippen LogP contribution in [0.1, 0.15) is 39.0 Å². The second kappa shape index (κ2) is 10.3. The van der Waals surface area contributed by atoms with E-state index >= 15 is 0 Å². The largest absolute Gasteiger partial charge is 0.360 e. The van der Waals surface area contributed by atoms with Crippen LogP contribution in [0.15, 0.2) is 16.0 Å². The highest BCUT2D eigenvalue weighted by Crippen LogP contribution is 2.25. The molecule has 1 aliphatic rings. The second-order valence-electron chi connectivity index (χ2n) is 5.35. The number of carbonyl (C=O) groups is 2. The maximum Gasteiger partial charge on any atom is 0.321 e. The molecule has 0 fully saturated rings. The molecule has 9 heteroatoms. The number of aromatic nitrogens is 2. The molecule has 1 aromatic heterocycles. The summed E-state index contributed by atoms with van der Waals surface area (Å²) in [5, 5.41) is 16.8. The molecule has 0 saturated heterocycles. The summed E-state index contributed by atoms with van der Waals surface area (Å²) in [5.74, 6) is -0.200. The van der Waals surface area contributed by atoms with Crippen LogP contribution >= 0.6 is 23.1 Å². The van der Waals surface area contributed by atoms with Crippen molar-refractivity contribution in [3.8, 4) is 0 Å². The molecule has 3 amide bonds. The third kappa shape index (κ3) is 6.88. The third-order valence-corrected chi connectivity index (χ3v) is 5.45. The Morgan fingerprint density at radius 1 is 1.33 bits per heavy atom. The van der Waals surface area contributed by atoms with Crippen LogP contribution in [0.4, 0.5) is 9.93 Å². The number of nitrogens with zero attached hydrogens (tertiary/aromatic N) is 2. The van der Waals surface area contributed by atoms with Crippen molar-refractivity contribution in [1.82, 2.24) is 20.8 Å². The summed E-state index contributed by atoms with van der Waals surface area (Å²) >= 11 is 2.66. The number of thioether (sulfide) groups is 1. The number of rotatable bonds is 8. The Balaban J connectivity index is 1.60. The summed E-state index contributed by atoms with van der Waals surface area (Å²) in [7, 11) is 0. The van der Waals surface area contributed by atoms with Gasteiger partial charge in [-0.25, -0.2) is 4.79 Å². The average molecular weight is 370 g/mol. The van der Waals surface area contributed by atoms with Gasteiger partial charge in [0, 0.05) is 13.1 Å². The Morgan fingerprint density at radius 3 is 2.96 bits per heavy atom. The highest BCUT2D eigenvalue weighted by molar-refractivity contribution is 8.01. The molecule has 0 bridgehead atoms. The highest BCUT2D eigenvalue weighted by Gasteiger charge is 2.11. The van der Waals surface area contributed by atoms with Crippen LogP contribution in [0.2, 0.25) is 0 Å². The van der Waals surface area contributed by atoms with Crippen LogP contribution in [0.25, 0.3) is 0 Å². The molecular formula is C15H23N5O2S2. The van der Waals surface area contributed by atoms with E-state index in [9.17, 15) is 9.59 Å². The monoisotopic (exact) mass is 369 g/mol. The zero-order valence-electron chi connectivity index (χ0n) is 13.8. The fraction of sp³-hybridized carbons (Fsp3) is 0.600. The molecule has 1 aliphatic carbocycles. The van der Waals surface area contributed by atoms with Crippen LogP contribution in [0.5, 0.6) is 0 Å². The summed E-state index contributed by atoms with van der Waals surface area (Å²) in [6.45, 7) is 3.31. The molecular weight excluding hydrogens is 346 g/mol. The van der Waals surface area contributed by atoms with Gasteiger partial charge in [0.2, 0.25) is 11.0 Å². The van der Waals surface area contributed by atoms with Crippen LogP contribution < -0.4 is 16.0 Å². The Labute approximate surface area is 150 Å². The average Bonchev–Trinajstić information content (AvgIpc) is 3.02. The third-order valence-electron chi connectivity index (χ3n) is 3.43. The summed E-state index contributed by atoms with van der Waals surface area (Å²) in [6.07, 6.45) is 7.86. The lowest BCUT2D eigenvalue weighted by Gasteiger charge is -2.13. The zero-order chi connectivity index (χ0) is 17.2. The van der Waals surface area contributed by atoms with Crippen LogP contribution in [-0.4, -0.2) is 41.0 Å². The van der Waals surface area contributed by atoms with Crippen LogP contribution in [0.3, 0.4) is 0 Å². The molecule has 132 valence electrons. The van der Waals surface area contributed by atoms with E-state index in [1.807, 2.05) is 6.92 Å². The van der Waals surface area contributed by atoms with Gasteiger partial charge in [-0.15, -0.1) is 10.2 Å². The van der Waals surface area contributed by atoms with Crippen molar-refractivity contribution >= 4 is 40.2 Å². The molecule has 0 unspecified atom stereocenters. The number of imide groups is 1. The van der Waals surface area contributed by atoms with E-state index in [0.29, 0.717) is 10.9 Å². The number of carbonyl (C=O) groups excluding carboxylic acids is 2. The SMILES string of the molecule is CCNc1nnc(SCC(=O)NC(=O)NCCC2=CCCCC2)s1. The van der Waals surface area contributed by atoms with E-state index in [0.717, 1.165) is 30.9 Å². The minimum Gasteiger partial charge on any atom is -0.360 e. The first-order valence-electron chi connectivity index (χ1n) is 8.13. The Bertz CT molecular complexity index is 588. The lowest BCUT2D eigenvalue weighted by molar-refractivity contribution is -0.117. The van der Waals surface area contributed by atoms with Gasteiger partial charge in [0.25, 0.3) is 0 Å². The predicted octanol–water partition coefficient (Wildman–Crippen LogP) is 2.78. The summed E-state index contributed by atoms with van der Waals surface area (Å²) < 4.78 is 0.700. The first-order valence-corrected chi connectivity index (χ1v) is 9.93. The van der Waals surface area contributed by atoms with Crippen molar-refractivity contribution in [2.75, 3.05) is 24.2 Å². The van der Waals surface area contributed by atoms with Gasteiger partial charge in [-0.3, -0.25) is 10.1 Å². The number of hydrogen-bond donors (Lipinski definition) is 3. The van der Waals surface area contributed by atoms with Crippen molar-refractivity contribution in [3.63, 3.8) is 0 Å². The van der Waals surface area contributed by atoms with E-state index in [1.165, 1.54) is 41.5 Å². The first kappa shape index (κ1) is 18.7. The van der Waals surface area contributed by atoms with Gasteiger partial charge >= 0.3 is 6.03 Å². The summed E-state index contributed by atoms with van der Waals surface area (Å²) in [6, 6.07) is -0.442. The lowest BCUT2D eigenvalue weighted by Crippen LogP contribution is -2.40. The first-order chi connectivity index (χ1) is 11.7. The van der Waals surface area contributed by atoms with E-state index in [1.54, 1.807) is 0 Å². The molecule has 0 saturated carbocycles. The van der Waals surface area contributed by atoms with Crippen molar-refractivity contribution in [1.29, 1.82) is 0 Å². The van der Waals surface area contributed by atoms with Gasteiger partial charge in [-0.05, 0) is 39.0 Å². The Hall–Kier alpha value is -1.61.